The lowest BCUT2D eigenvalue weighted by molar-refractivity contribution is 0.0135. The lowest BCUT2D eigenvalue weighted by atomic mass is 10.1. The SMILES string of the molecule is CC(F)(F)c1cc2ccc(C(=O)O)cc2[nH]1. The second-order valence-corrected chi connectivity index (χ2v) is 3.68. The number of aromatic carboxylic acids is 1. The van der Waals surface area contributed by atoms with Crippen LogP contribution in [0.5, 0.6) is 0 Å². The van der Waals surface area contributed by atoms with Gasteiger partial charge in [0, 0.05) is 12.4 Å². The molecule has 2 aromatic rings. The van der Waals surface area contributed by atoms with Crippen LogP contribution in [-0.4, -0.2) is 16.1 Å². The number of carboxylic acids is 1. The van der Waals surface area contributed by atoms with Crippen LogP contribution in [-0.2, 0) is 5.92 Å². The van der Waals surface area contributed by atoms with Gasteiger partial charge in [0.05, 0.1) is 11.3 Å². The third-order valence-corrected chi connectivity index (χ3v) is 2.34. The van der Waals surface area contributed by atoms with Gasteiger partial charge in [-0.2, -0.15) is 0 Å². The molecule has 0 bridgehead atoms. The van der Waals surface area contributed by atoms with E-state index < -0.39 is 11.9 Å². The smallest absolute Gasteiger partial charge is 0.335 e. The van der Waals surface area contributed by atoms with Crippen LogP contribution in [0, 0.1) is 0 Å². The molecule has 0 fully saturated rings. The molecule has 0 aliphatic carbocycles. The molecular formula is C11H9F2NO2. The number of aromatic amines is 1. The first-order valence-electron chi connectivity index (χ1n) is 4.62. The van der Waals surface area contributed by atoms with Crippen molar-refractivity contribution in [3.05, 3.63) is 35.5 Å². The minimum Gasteiger partial charge on any atom is -0.478 e. The number of carbonyl (C=O) groups is 1. The van der Waals surface area contributed by atoms with E-state index in [0.29, 0.717) is 10.9 Å². The Morgan fingerprint density at radius 2 is 2.06 bits per heavy atom. The Labute approximate surface area is 89.7 Å². The van der Waals surface area contributed by atoms with Gasteiger partial charge in [-0.05, 0) is 23.6 Å². The quantitative estimate of drug-likeness (QED) is 0.825. The summed E-state index contributed by atoms with van der Waals surface area (Å²) in [4.78, 5) is 13.2. The summed E-state index contributed by atoms with van der Waals surface area (Å²) >= 11 is 0. The van der Waals surface area contributed by atoms with Gasteiger partial charge in [-0.1, -0.05) is 6.07 Å². The van der Waals surface area contributed by atoms with Gasteiger partial charge in [0.25, 0.3) is 5.92 Å². The maximum Gasteiger partial charge on any atom is 0.335 e. The molecule has 0 aliphatic heterocycles. The maximum atomic E-state index is 13.0. The number of fused-ring (bicyclic) bond motifs is 1. The largest absolute Gasteiger partial charge is 0.478 e. The number of hydrogen-bond acceptors (Lipinski definition) is 1. The van der Waals surface area contributed by atoms with Crippen molar-refractivity contribution in [2.45, 2.75) is 12.8 Å². The Bertz CT molecular complexity index is 555. The van der Waals surface area contributed by atoms with Crippen LogP contribution >= 0.6 is 0 Å². The van der Waals surface area contributed by atoms with E-state index in [1.807, 2.05) is 0 Å². The number of aromatic nitrogens is 1. The molecule has 0 saturated carbocycles. The molecular weight excluding hydrogens is 216 g/mol. The molecule has 0 saturated heterocycles. The Morgan fingerprint density at radius 3 is 2.62 bits per heavy atom. The number of nitrogens with one attached hydrogen (secondary N) is 1. The summed E-state index contributed by atoms with van der Waals surface area (Å²) in [5, 5.41) is 9.32. The minimum absolute atomic E-state index is 0.0697. The zero-order chi connectivity index (χ0) is 11.9. The van der Waals surface area contributed by atoms with Crippen molar-refractivity contribution in [2.75, 3.05) is 0 Å². The third-order valence-electron chi connectivity index (χ3n) is 2.34. The highest BCUT2D eigenvalue weighted by atomic mass is 19.3. The highest BCUT2D eigenvalue weighted by molar-refractivity contribution is 5.93. The zero-order valence-electron chi connectivity index (χ0n) is 8.42. The van der Waals surface area contributed by atoms with Gasteiger partial charge in [0.1, 0.15) is 0 Å². The molecule has 0 atom stereocenters. The first-order chi connectivity index (χ1) is 7.38. The van der Waals surface area contributed by atoms with Gasteiger partial charge in [-0.3, -0.25) is 0 Å². The Morgan fingerprint density at radius 1 is 1.38 bits per heavy atom. The van der Waals surface area contributed by atoms with Crippen LogP contribution in [0.3, 0.4) is 0 Å². The van der Waals surface area contributed by atoms with Crippen LogP contribution in [0.25, 0.3) is 10.9 Å². The van der Waals surface area contributed by atoms with Crippen LogP contribution in [0.2, 0.25) is 0 Å². The summed E-state index contributed by atoms with van der Waals surface area (Å²) in [6.45, 7) is 0.788. The topological polar surface area (TPSA) is 53.1 Å². The summed E-state index contributed by atoms with van der Waals surface area (Å²) in [5.41, 5.74) is 0.252. The maximum absolute atomic E-state index is 13.0. The molecule has 2 rings (SSSR count). The average Bonchev–Trinajstić information content (AvgIpc) is 2.58. The lowest BCUT2D eigenvalue weighted by Gasteiger charge is -2.05. The first-order valence-corrected chi connectivity index (χ1v) is 4.62. The van der Waals surface area contributed by atoms with E-state index in [9.17, 15) is 13.6 Å². The summed E-state index contributed by atoms with van der Waals surface area (Å²) < 4.78 is 26.0. The number of alkyl halides is 2. The fourth-order valence-corrected chi connectivity index (χ4v) is 1.50. The first kappa shape index (κ1) is 10.6. The van der Waals surface area contributed by atoms with E-state index in [1.165, 1.54) is 24.3 Å². The van der Waals surface area contributed by atoms with E-state index in [1.54, 1.807) is 0 Å². The van der Waals surface area contributed by atoms with Crippen LogP contribution in [0.4, 0.5) is 8.78 Å². The zero-order valence-corrected chi connectivity index (χ0v) is 8.42. The second-order valence-electron chi connectivity index (χ2n) is 3.68. The predicted molar refractivity (Wildman–Crippen MR) is 54.8 cm³/mol. The van der Waals surface area contributed by atoms with Crippen LogP contribution < -0.4 is 0 Å². The summed E-state index contributed by atoms with van der Waals surface area (Å²) in [6, 6.07) is 5.55. The number of H-pyrrole nitrogens is 1. The number of carboxylic acid groups (broad SMARTS) is 1. The minimum atomic E-state index is -2.96. The van der Waals surface area contributed by atoms with Crippen molar-refractivity contribution in [1.82, 2.24) is 4.98 Å². The molecule has 1 aromatic carbocycles. The van der Waals surface area contributed by atoms with E-state index in [-0.39, 0.29) is 11.3 Å². The standard InChI is InChI=1S/C11H9F2NO2/c1-11(12,13)9-5-6-2-3-7(10(15)16)4-8(6)14-9/h2-5,14H,1H3,(H,15,16). The molecule has 1 aromatic heterocycles. The van der Waals surface area contributed by atoms with E-state index in [0.717, 1.165) is 6.92 Å². The molecule has 0 unspecified atom stereocenters. The average molecular weight is 225 g/mol. The molecule has 1 heterocycles. The monoisotopic (exact) mass is 225 g/mol. The molecule has 84 valence electrons. The van der Waals surface area contributed by atoms with Crippen molar-refractivity contribution >= 4 is 16.9 Å². The summed E-state index contributed by atoms with van der Waals surface area (Å²) in [5.74, 6) is -4.04. The van der Waals surface area contributed by atoms with Gasteiger partial charge >= 0.3 is 5.97 Å². The van der Waals surface area contributed by atoms with Gasteiger partial charge < -0.3 is 10.1 Å². The fraction of sp³-hybridized carbons (Fsp3) is 0.182. The normalized spacial score (nSPS) is 11.9. The second kappa shape index (κ2) is 3.30. The Balaban J connectivity index is 2.59. The Kier molecular flexibility index (Phi) is 2.18. The number of benzene rings is 1. The lowest BCUT2D eigenvalue weighted by Crippen LogP contribution is -2.06. The molecule has 16 heavy (non-hydrogen) atoms. The fourth-order valence-electron chi connectivity index (χ4n) is 1.50. The number of hydrogen-bond donors (Lipinski definition) is 2. The van der Waals surface area contributed by atoms with Gasteiger partial charge in [0.15, 0.2) is 0 Å². The third kappa shape index (κ3) is 1.76. The van der Waals surface area contributed by atoms with Gasteiger partial charge in [0.2, 0.25) is 0 Å². The molecule has 0 amide bonds. The van der Waals surface area contributed by atoms with Crippen molar-refractivity contribution in [2.24, 2.45) is 0 Å². The van der Waals surface area contributed by atoms with Crippen molar-refractivity contribution in [3.8, 4) is 0 Å². The predicted octanol–water partition coefficient (Wildman–Crippen LogP) is 2.98. The van der Waals surface area contributed by atoms with Crippen LogP contribution in [0.15, 0.2) is 24.3 Å². The van der Waals surface area contributed by atoms with Crippen LogP contribution in [0.1, 0.15) is 23.0 Å². The van der Waals surface area contributed by atoms with Crippen molar-refractivity contribution in [1.29, 1.82) is 0 Å². The number of halogens is 2. The van der Waals surface area contributed by atoms with Crippen molar-refractivity contribution < 1.29 is 18.7 Å². The molecule has 5 heteroatoms. The van der Waals surface area contributed by atoms with Crippen molar-refractivity contribution in [3.63, 3.8) is 0 Å². The van der Waals surface area contributed by atoms with E-state index in [4.69, 9.17) is 5.11 Å². The number of rotatable bonds is 2. The van der Waals surface area contributed by atoms with E-state index in [2.05, 4.69) is 4.98 Å². The molecule has 0 radical (unpaired) electrons. The van der Waals surface area contributed by atoms with Gasteiger partial charge in [-0.25, -0.2) is 13.6 Å². The summed E-state index contributed by atoms with van der Waals surface area (Å²) in [6.07, 6.45) is 0. The molecule has 3 nitrogen and oxygen atoms in total. The summed E-state index contributed by atoms with van der Waals surface area (Å²) in [7, 11) is 0. The molecule has 0 aliphatic rings. The highest BCUT2D eigenvalue weighted by Gasteiger charge is 2.26. The Hall–Kier alpha value is -1.91. The highest BCUT2D eigenvalue weighted by Crippen LogP contribution is 2.29. The molecule has 2 N–H and O–H groups in total. The molecule has 0 spiro atoms. The van der Waals surface area contributed by atoms with Gasteiger partial charge in [-0.15, -0.1) is 0 Å². The van der Waals surface area contributed by atoms with E-state index >= 15 is 0 Å².